The highest BCUT2D eigenvalue weighted by molar-refractivity contribution is 5.85. The third-order valence-corrected chi connectivity index (χ3v) is 3.60. The standard InChI is InChI=1S/C15H20F2N2O3.ClH/c1-21-9-13(18)15(20)19-6-4-11(5-7-19)22-14-3-2-10(16)8-12(14)17;/h2-3,8,11,13H,4-7,9,18H2,1H3;1H. The molecule has 1 fully saturated rings. The molecule has 1 unspecified atom stereocenters. The lowest BCUT2D eigenvalue weighted by molar-refractivity contribution is -0.135. The Morgan fingerprint density at radius 3 is 2.61 bits per heavy atom. The van der Waals surface area contributed by atoms with Crippen molar-refractivity contribution in [3.05, 3.63) is 29.8 Å². The Morgan fingerprint density at radius 2 is 2.04 bits per heavy atom. The van der Waals surface area contributed by atoms with Gasteiger partial charge in [0.05, 0.1) is 6.61 Å². The van der Waals surface area contributed by atoms with Gasteiger partial charge in [0, 0.05) is 39.1 Å². The monoisotopic (exact) mass is 350 g/mol. The number of nitrogens with zero attached hydrogens (tertiary/aromatic N) is 1. The Labute approximate surface area is 140 Å². The molecule has 0 spiro atoms. The molecule has 1 saturated heterocycles. The van der Waals surface area contributed by atoms with Gasteiger partial charge >= 0.3 is 0 Å². The van der Waals surface area contributed by atoms with Gasteiger partial charge in [-0.05, 0) is 12.1 Å². The van der Waals surface area contributed by atoms with Crippen LogP contribution in [-0.4, -0.2) is 49.8 Å². The fourth-order valence-electron chi connectivity index (χ4n) is 2.43. The molecule has 0 bridgehead atoms. The molecule has 1 aliphatic heterocycles. The van der Waals surface area contributed by atoms with Gasteiger partial charge in [0.2, 0.25) is 5.91 Å². The molecule has 23 heavy (non-hydrogen) atoms. The normalized spacial score (nSPS) is 16.6. The molecule has 1 aliphatic rings. The van der Waals surface area contributed by atoms with Crippen LogP contribution < -0.4 is 10.5 Å². The molecule has 5 nitrogen and oxygen atoms in total. The average Bonchev–Trinajstić information content (AvgIpc) is 2.50. The summed E-state index contributed by atoms with van der Waals surface area (Å²) < 4.78 is 36.8. The van der Waals surface area contributed by atoms with Crippen molar-refractivity contribution in [2.45, 2.75) is 25.0 Å². The van der Waals surface area contributed by atoms with Gasteiger partial charge in [-0.2, -0.15) is 0 Å². The van der Waals surface area contributed by atoms with Gasteiger partial charge in [-0.15, -0.1) is 12.4 Å². The van der Waals surface area contributed by atoms with E-state index < -0.39 is 17.7 Å². The van der Waals surface area contributed by atoms with Crippen molar-refractivity contribution in [2.24, 2.45) is 5.73 Å². The van der Waals surface area contributed by atoms with Gasteiger partial charge in [-0.25, -0.2) is 8.78 Å². The lowest BCUT2D eigenvalue weighted by Crippen LogP contribution is -2.50. The predicted molar refractivity (Wildman–Crippen MR) is 83.7 cm³/mol. The Balaban J connectivity index is 0.00000264. The Morgan fingerprint density at radius 1 is 1.39 bits per heavy atom. The van der Waals surface area contributed by atoms with Crippen LogP contribution in [0.25, 0.3) is 0 Å². The fourth-order valence-corrected chi connectivity index (χ4v) is 2.43. The molecule has 0 aromatic heterocycles. The second-order valence-electron chi connectivity index (χ2n) is 5.28. The number of halogens is 3. The highest BCUT2D eigenvalue weighted by atomic mass is 35.5. The van der Waals surface area contributed by atoms with Crippen molar-refractivity contribution < 1.29 is 23.0 Å². The van der Waals surface area contributed by atoms with Crippen LogP contribution in [0.15, 0.2) is 18.2 Å². The molecule has 0 aliphatic carbocycles. The smallest absolute Gasteiger partial charge is 0.241 e. The number of hydrogen-bond acceptors (Lipinski definition) is 4. The number of carbonyl (C=O) groups is 1. The van der Waals surface area contributed by atoms with Crippen LogP contribution in [0.2, 0.25) is 0 Å². The van der Waals surface area contributed by atoms with Crippen molar-refractivity contribution in [1.82, 2.24) is 4.90 Å². The summed E-state index contributed by atoms with van der Waals surface area (Å²) in [7, 11) is 1.49. The van der Waals surface area contributed by atoms with Crippen LogP contribution in [0.4, 0.5) is 8.78 Å². The largest absolute Gasteiger partial charge is 0.487 e. The van der Waals surface area contributed by atoms with Gasteiger partial charge in [0.25, 0.3) is 0 Å². The zero-order chi connectivity index (χ0) is 16.1. The molecular formula is C15H21ClF2N2O3. The van der Waals surface area contributed by atoms with Crippen LogP contribution in [0, 0.1) is 11.6 Å². The van der Waals surface area contributed by atoms with Crippen molar-refractivity contribution in [1.29, 1.82) is 0 Å². The number of carbonyl (C=O) groups excluding carboxylic acids is 1. The first-order chi connectivity index (χ1) is 10.5. The molecule has 2 N–H and O–H groups in total. The molecule has 130 valence electrons. The van der Waals surface area contributed by atoms with Crippen molar-refractivity contribution in [3.63, 3.8) is 0 Å². The van der Waals surface area contributed by atoms with E-state index in [1.54, 1.807) is 4.90 Å². The van der Waals surface area contributed by atoms with Crippen LogP contribution in [-0.2, 0) is 9.53 Å². The number of hydrogen-bond donors (Lipinski definition) is 1. The van der Waals surface area contributed by atoms with E-state index in [0.717, 1.165) is 12.1 Å². The number of benzene rings is 1. The van der Waals surface area contributed by atoms with E-state index in [4.69, 9.17) is 15.2 Å². The molecule has 1 atom stereocenters. The highest BCUT2D eigenvalue weighted by Gasteiger charge is 2.27. The van der Waals surface area contributed by atoms with Crippen LogP contribution in [0.5, 0.6) is 5.75 Å². The highest BCUT2D eigenvalue weighted by Crippen LogP contribution is 2.23. The van der Waals surface area contributed by atoms with Crippen molar-refractivity contribution in [2.75, 3.05) is 26.8 Å². The van der Waals surface area contributed by atoms with E-state index in [9.17, 15) is 13.6 Å². The van der Waals surface area contributed by atoms with Gasteiger partial charge < -0.3 is 20.1 Å². The molecule has 8 heteroatoms. The van der Waals surface area contributed by atoms with E-state index in [1.165, 1.54) is 13.2 Å². The topological polar surface area (TPSA) is 64.8 Å². The maximum absolute atomic E-state index is 13.5. The molecule has 1 heterocycles. The molecule has 1 aromatic carbocycles. The third-order valence-electron chi connectivity index (χ3n) is 3.60. The number of nitrogens with two attached hydrogens (primary N) is 1. The maximum Gasteiger partial charge on any atom is 0.241 e. The summed E-state index contributed by atoms with van der Waals surface area (Å²) in [5.41, 5.74) is 5.72. The number of rotatable bonds is 5. The minimum absolute atomic E-state index is 0. The third kappa shape index (κ3) is 5.30. The van der Waals surface area contributed by atoms with E-state index in [1.807, 2.05) is 0 Å². The Hall–Kier alpha value is -1.44. The summed E-state index contributed by atoms with van der Waals surface area (Å²) in [6, 6.07) is 2.55. The maximum atomic E-state index is 13.5. The molecule has 1 aromatic rings. The van der Waals surface area contributed by atoms with Crippen LogP contribution in [0.1, 0.15) is 12.8 Å². The van der Waals surface area contributed by atoms with E-state index in [0.29, 0.717) is 25.9 Å². The van der Waals surface area contributed by atoms with E-state index in [2.05, 4.69) is 0 Å². The zero-order valence-electron chi connectivity index (χ0n) is 12.8. The number of piperidine rings is 1. The number of methoxy groups -OCH3 is 1. The van der Waals surface area contributed by atoms with Crippen molar-refractivity contribution in [3.8, 4) is 5.75 Å². The second-order valence-corrected chi connectivity index (χ2v) is 5.28. The summed E-state index contributed by atoms with van der Waals surface area (Å²) in [5.74, 6) is -1.49. The SMILES string of the molecule is COCC(N)C(=O)N1CCC(Oc2ccc(F)cc2F)CC1.Cl. The van der Waals surface area contributed by atoms with Crippen LogP contribution >= 0.6 is 12.4 Å². The fraction of sp³-hybridized carbons (Fsp3) is 0.533. The van der Waals surface area contributed by atoms with E-state index in [-0.39, 0.29) is 36.8 Å². The summed E-state index contributed by atoms with van der Waals surface area (Å²) in [4.78, 5) is 13.7. The predicted octanol–water partition coefficient (Wildman–Crippen LogP) is 1.73. The van der Waals surface area contributed by atoms with Gasteiger partial charge in [-0.3, -0.25) is 4.79 Å². The average molecular weight is 351 g/mol. The second kappa shape index (κ2) is 9.00. The summed E-state index contributed by atoms with van der Waals surface area (Å²) in [6.45, 7) is 1.16. The number of ether oxygens (including phenoxy) is 2. The van der Waals surface area contributed by atoms with Gasteiger partial charge in [0.15, 0.2) is 11.6 Å². The lowest BCUT2D eigenvalue weighted by atomic mass is 10.1. The quantitative estimate of drug-likeness (QED) is 0.878. The zero-order valence-corrected chi connectivity index (χ0v) is 13.7. The number of amides is 1. The van der Waals surface area contributed by atoms with Gasteiger partial charge in [0.1, 0.15) is 18.0 Å². The molecule has 0 saturated carbocycles. The summed E-state index contributed by atoms with van der Waals surface area (Å²) in [6.07, 6.45) is 0.938. The molecule has 0 radical (unpaired) electrons. The summed E-state index contributed by atoms with van der Waals surface area (Å²) in [5, 5.41) is 0. The van der Waals surface area contributed by atoms with Crippen LogP contribution in [0.3, 0.4) is 0 Å². The Kier molecular flexibility index (Phi) is 7.67. The first kappa shape index (κ1) is 19.6. The Bertz CT molecular complexity index is 525. The molecule has 1 amide bonds. The first-order valence-corrected chi connectivity index (χ1v) is 7.16. The lowest BCUT2D eigenvalue weighted by Gasteiger charge is -2.33. The first-order valence-electron chi connectivity index (χ1n) is 7.16. The minimum Gasteiger partial charge on any atom is -0.487 e. The summed E-state index contributed by atoms with van der Waals surface area (Å²) >= 11 is 0. The molecular weight excluding hydrogens is 330 g/mol. The van der Waals surface area contributed by atoms with Crippen molar-refractivity contribution >= 4 is 18.3 Å². The minimum atomic E-state index is -0.722. The number of likely N-dealkylation sites (tertiary alicyclic amines) is 1. The van der Waals surface area contributed by atoms with Gasteiger partial charge in [-0.1, -0.05) is 0 Å². The molecule has 2 rings (SSSR count). The van der Waals surface area contributed by atoms with E-state index >= 15 is 0 Å².